The average molecular weight is 395 g/mol. The van der Waals surface area contributed by atoms with E-state index in [0.29, 0.717) is 39.8 Å². The third-order valence-corrected chi connectivity index (χ3v) is 4.79. The van der Waals surface area contributed by atoms with Crippen LogP contribution in [0.25, 0.3) is 0 Å². The molecule has 138 valence electrons. The van der Waals surface area contributed by atoms with Gasteiger partial charge in [-0.05, 0) is 38.5 Å². The highest BCUT2D eigenvalue weighted by Crippen LogP contribution is 2.31. The van der Waals surface area contributed by atoms with E-state index in [1.807, 2.05) is 0 Å². The molecule has 0 radical (unpaired) electrons. The number of allylic oxidation sites excluding steroid dienone is 1. The van der Waals surface area contributed by atoms with Crippen molar-refractivity contribution in [2.24, 2.45) is 0 Å². The first-order valence-electron chi connectivity index (χ1n) is 8.06. The van der Waals surface area contributed by atoms with E-state index in [1.54, 1.807) is 49.6 Å². The molecule has 2 aromatic rings. The van der Waals surface area contributed by atoms with Gasteiger partial charge in [0.1, 0.15) is 5.69 Å². The Kier molecular flexibility index (Phi) is 6.51. The first-order valence-corrected chi connectivity index (χ1v) is 8.82. The number of carbonyl (C=O) groups is 2. The number of ether oxygens (including phenoxy) is 1. The van der Waals surface area contributed by atoms with Crippen molar-refractivity contribution in [1.29, 1.82) is 0 Å². The zero-order valence-corrected chi connectivity index (χ0v) is 16.4. The Morgan fingerprint density at radius 2 is 2.00 bits per heavy atom. The second kappa shape index (κ2) is 8.43. The standard InChI is InChI=1S/C19H20Cl2N2O3/c1-5-10-23-12(4)15(11(3)17(23)19(25)26-6-2)18(24)22-14-9-7-8-13(20)16(14)21/h5,7-9H,1,6,10H2,2-4H3,(H,22,24). The molecule has 5 nitrogen and oxygen atoms in total. The number of rotatable bonds is 6. The maximum absolute atomic E-state index is 12.9. The van der Waals surface area contributed by atoms with E-state index in [1.165, 1.54) is 0 Å². The number of benzene rings is 1. The number of esters is 1. The Balaban J connectivity index is 2.50. The van der Waals surface area contributed by atoms with Gasteiger partial charge in [-0.25, -0.2) is 4.79 Å². The minimum Gasteiger partial charge on any atom is -0.461 e. The molecule has 0 unspecified atom stereocenters. The van der Waals surface area contributed by atoms with E-state index < -0.39 is 5.97 Å². The van der Waals surface area contributed by atoms with Crippen LogP contribution >= 0.6 is 23.2 Å². The molecule has 0 spiro atoms. The number of amides is 1. The monoisotopic (exact) mass is 394 g/mol. The van der Waals surface area contributed by atoms with E-state index in [9.17, 15) is 9.59 Å². The van der Waals surface area contributed by atoms with Crippen LogP contribution in [0.4, 0.5) is 5.69 Å². The van der Waals surface area contributed by atoms with Crippen molar-refractivity contribution in [3.8, 4) is 0 Å². The molecule has 1 amide bonds. The Hall–Kier alpha value is -2.24. The SMILES string of the molecule is C=CCn1c(C)c(C(=O)Nc2cccc(Cl)c2Cl)c(C)c1C(=O)OCC. The van der Waals surface area contributed by atoms with Crippen molar-refractivity contribution in [2.45, 2.75) is 27.3 Å². The van der Waals surface area contributed by atoms with Gasteiger partial charge in [-0.3, -0.25) is 4.79 Å². The zero-order valence-electron chi connectivity index (χ0n) is 14.9. The summed E-state index contributed by atoms with van der Waals surface area (Å²) in [7, 11) is 0. The summed E-state index contributed by atoms with van der Waals surface area (Å²) >= 11 is 12.1. The molecule has 0 atom stereocenters. The maximum Gasteiger partial charge on any atom is 0.355 e. The molecule has 0 aliphatic heterocycles. The fourth-order valence-electron chi connectivity index (χ4n) is 2.83. The Labute approximate surface area is 162 Å². The summed E-state index contributed by atoms with van der Waals surface area (Å²) in [5, 5.41) is 3.36. The lowest BCUT2D eigenvalue weighted by molar-refractivity contribution is 0.0513. The summed E-state index contributed by atoms with van der Waals surface area (Å²) in [6, 6.07) is 4.98. The second-order valence-corrected chi connectivity index (χ2v) is 6.39. The molecule has 1 aromatic heterocycles. The quantitative estimate of drug-likeness (QED) is 0.552. The van der Waals surface area contributed by atoms with Gasteiger partial charge in [0.2, 0.25) is 0 Å². The van der Waals surface area contributed by atoms with Crippen LogP contribution in [0.1, 0.15) is 39.0 Å². The second-order valence-electron chi connectivity index (χ2n) is 5.61. The van der Waals surface area contributed by atoms with Crippen molar-refractivity contribution in [2.75, 3.05) is 11.9 Å². The summed E-state index contributed by atoms with van der Waals surface area (Å²) in [5.74, 6) is -0.854. The largest absolute Gasteiger partial charge is 0.461 e. The normalized spacial score (nSPS) is 10.5. The van der Waals surface area contributed by atoms with E-state index in [-0.39, 0.29) is 17.5 Å². The molecule has 0 fully saturated rings. The molecule has 0 aliphatic rings. The van der Waals surface area contributed by atoms with Gasteiger partial charge in [0.05, 0.1) is 27.9 Å². The number of anilines is 1. The zero-order chi connectivity index (χ0) is 19.4. The van der Waals surface area contributed by atoms with Gasteiger partial charge in [-0.1, -0.05) is 35.3 Å². The van der Waals surface area contributed by atoms with E-state index >= 15 is 0 Å². The third-order valence-electron chi connectivity index (χ3n) is 3.97. The van der Waals surface area contributed by atoms with Gasteiger partial charge < -0.3 is 14.6 Å². The average Bonchev–Trinajstić information content (AvgIpc) is 2.83. The van der Waals surface area contributed by atoms with Gasteiger partial charge in [0.15, 0.2) is 0 Å². The Morgan fingerprint density at radius 1 is 1.31 bits per heavy atom. The highest BCUT2D eigenvalue weighted by Gasteiger charge is 2.27. The molecule has 0 aliphatic carbocycles. The summed E-state index contributed by atoms with van der Waals surface area (Å²) in [6.45, 7) is 9.56. The summed E-state index contributed by atoms with van der Waals surface area (Å²) < 4.78 is 6.85. The highest BCUT2D eigenvalue weighted by atomic mass is 35.5. The van der Waals surface area contributed by atoms with Gasteiger partial charge in [0, 0.05) is 12.2 Å². The number of nitrogens with one attached hydrogen (secondary N) is 1. The van der Waals surface area contributed by atoms with Crippen LogP contribution in [0.15, 0.2) is 30.9 Å². The fraction of sp³-hybridized carbons (Fsp3) is 0.263. The smallest absolute Gasteiger partial charge is 0.355 e. The number of halogens is 2. The minimum atomic E-state index is -0.477. The Bertz CT molecular complexity index is 872. The number of nitrogens with zero attached hydrogens (tertiary/aromatic N) is 1. The van der Waals surface area contributed by atoms with Crippen molar-refractivity contribution in [3.05, 3.63) is 63.4 Å². The number of hydrogen-bond donors (Lipinski definition) is 1. The van der Waals surface area contributed by atoms with Crippen LogP contribution in [-0.2, 0) is 11.3 Å². The number of hydrogen-bond acceptors (Lipinski definition) is 3. The lowest BCUT2D eigenvalue weighted by Gasteiger charge is -2.09. The molecule has 26 heavy (non-hydrogen) atoms. The Morgan fingerprint density at radius 3 is 2.62 bits per heavy atom. The lowest BCUT2D eigenvalue weighted by Crippen LogP contribution is -2.14. The van der Waals surface area contributed by atoms with Crippen molar-refractivity contribution in [1.82, 2.24) is 4.57 Å². The maximum atomic E-state index is 12.9. The van der Waals surface area contributed by atoms with E-state index in [0.717, 1.165) is 0 Å². The van der Waals surface area contributed by atoms with Crippen LogP contribution in [-0.4, -0.2) is 23.1 Å². The number of aromatic nitrogens is 1. The molecule has 2 rings (SSSR count). The molecule has 0 saturated carbocycles. The topological polar surface area (TPSA) is 60.3 Å². The summed E-state index contributed by atoms with van der Waals surface area (Å²) in [4.78, 5) is 25.2. The molecular formula is C19H20Cl2N2O3. The van der Waals surface area contributed by atoms with E-state index in [2.05, 4.69) is 11.9 Å². The molecular weight excluding hydrogens is 375 g/mol. The van der Waals surface area contributed by atoms with E-state index in [4.69, 9.17) is 27.9 Å². The first-order chi connectivity index (χ1) is 12.3. The van der Waals surface area contributed by atoms with Crippen molar-refractivity contribution >= 4 is 40.8 Å². The minimum absolute atomic E-state index is 0.246. The summed E-state index contributed by atoms with van der Waals surface area (Å²) in [5.41, 5.74) is 2.31. The summed E-state index contributed by atoms with van der Waals surface area (Å²) in [6.07, 6.45) is 1.66. The molecule has 7 heteroatoms. The van der Waals surface area contributed by atoms with Crippen LogP contribution in [0.5, 0.6) is 0 Å². The molecule has 1 N–H and O–H groups in total. The third kappa shape index (κ3) is 3.79. The van der Waals surface area contributed by atoms with Crippen molar-refractivity contribution < 1.29 is 14.3 Å². The molecule has 1 heterocycles. The van der Waals surface area contributed by atoms with Crippen LogP contribution in [0, 0.1) is 13.8 Å². The van der Waals surface area contributed by atoms with Crippen LogP contribution < -0.4 is 5.32 Å². The van der Waals surface area contributed by atoms with Crippen molar-refractivity contribution in [3.63, 3.8) is 0 Å². The predicted molar refractivity (Wildman–Crippen MR) is 104 cm³/mol. The molecule has 0 saturated heterocycles. The van der Waals surface area contributed by atoms with Gasteiger partial charge >= 0.3 is 5.97 Å². The first kappa shape index (κ1) is 20.1. The predicted octanol–water partition coefficient (Wildman–Crippen LogP) is 5.03. The molecule has 1 aromatic carbocycles. The van der Waals surface area contributed by atoms with Crippen LogP contribution in [0.3, 0.4) is 0 Å². The highest BCUT2D eigenvalue weighted by molar-refractivity contribution is 6.44. The van der Waals surface area contributed by atoms with Gasteiger partial charge in [-0.2, -0.15) is 0 Å². The number of carbonyl (C=O) groups excluding carboxylic acids is 2. The van der Waals surface area contributed by atoms with Crippen LogP contribution in [0.2, 0.25) is 10.0 Å². The molecule has 0 bridgehead atoms. The lowest BCUT2D eigenvalue weighted by atomic mass is 10.1. The van der Waals surface area contributed by atoms with Gasteiger partial charge in [-0.15, -0.1) is 6.58 Å². The fourth-order valence-corrected chi connectivity index (χ4v) is 3.18. The van der Waals surface area contributed by atoms with Gasteiger partial charge in [0.25, 0.3) is 5.91 Å².